The molecule has 3 heteroatoms. The summed E-state index contributed by atoms with van der Waals surface area (Å²) in [5.41, 5.74) is 1.94. The van der Waals surface area contributed by atoms with Crippen LogP contribution in [0.4, 0.5) is 0 Å². The van der Waals surface area contributed by atoms with E-state index in [0.29, 0.717) is 11.0 Å². The molecule has 0 spiro atoms. The molecule has 0 bridgehead atoms. The second kappa shape index (κ2) is 5.01. The first-order valence-electron chi connectivity index (χ1n) is 6.41. The lowest BCUT2D eigenvalue weighted by Crippen LogP contribution is -2.12. The molecule has 0 amide bonds. The van der Waals surface area contributed by atoms with Crippen LogP contribution in [0.15, 0.2) is 18.2 Å². The van der Waals surface area contributed by atoms with Crippen molar-refractivity contribution in [1.29, 1.82) is 0 Å². The maximum atomic E-state index is 11.5. The quantitative estimate of drug-likeness (QED) is 0.750. The van der Waals surface area contributed by atoms with Crippen LogP contribution in [0, 0.1) is 12.3 Å². The fourth-order valence-corrected chi connectivity index (χ4v) is 2.08. The second-order valence-electron chi connectivity index (χ2n) is 5.17. The standard InChI is InChI=1S/C15H20O3/c1-4-15(5-6-15)10-18-13-8-11(2)7-12(9-13)14(16)17-3/h7-9H,4-6,10H2,1-3H3. The molecule has 1 aromatic rings. The van der Waals surface area contributed by atoms with Crippen molar-refractivity contribution < 1.29 is 14.3 Å². The maximum Gasteiger partial charge on any atom is 0.337 e. The summed E-state index contributed by atoms with van der Waals surface area (Å²) in [6.07, 6.45) is 3.65. The molecule has 3 nitrogen and oxygen atoms in total. The topological polar surface area (TPSA) is 35.5 Å². The van der Waals surface area contributed by atoms with Gasteiger partial charge in [-0.2, -0.15) is 0 Å². The molecule has 0 heterocycles. The number of esters is 1. The lowest BCUT2D eigenvalue weighted by Gasteiger charge is -2.15. The molecule has 0 saturated heterocycles. The summed E-state index contributed by atoms with van der Waals surface area (Å²) < 4.78 is 10.6. The van der Waals surface area contributed by atoms with Gasteiger partial charge in [0.2, 0.25) is 0 Å². The van der Waals surface area contributed by atoms with Crippen LogP contribution in [0.5, 0.6) is 5.75 Å². The van der Waals surface area contributed by atoms with Crippen LogP contribution >= 0.6 is 0 Å². The van der Waals surface area contributed by atoms with Crippen LogP contribution < -0.4 is 4.74 Å². The highest BCUT2D eigenvalue weighted by Gasteiger charge is 2.41. The molecule has 18 heavy (non-hydrogen) atoms. The van der Waals surface area contributed by atoms with Crippen LogP contribution in [0.25, 0.3) is 0 Å². The minimum absolute atomic E-state index is 0.319. The Kier molecular flexibility index (Phi) is 3.60. The van der Waals surface area contributed by atoms with Crippen molar-refractivity contribution >= 4 is 5.97 Å². The number of ether oxygens (including phenoxy) is 2. The highest BCUT2D eigenvalue weighted by atomic mass is 16.5. The fourth-order valence-electron chi connectivity index (χ4n) is 2.08. The number of rotatable bonds is 5. The number of benzene rings is 1. The van der Waals surface area contributed by atoms with Gasteiger partial charge in [0.25, 0.3) is 0 Å². The Labute approximate surface area is 108 Å². The SMILES string of the molecule is CCC1(COc2cc(C)cc(C(=O)OC)c2)CC1. The van der Waals surface area contributed by atoms with Crippen molar-refractivity contribution in [3.05, 3.63) is 29.3 Å². The van der Waals surface area contributed by atoms with Gasteiger partial charge in [-0.15, -0.1) is 0 Å². The Morgan fingerprint density at radius 1 is 1.33 bits per heavy atom. The Morgan fingerprint density at radius 2 is 2.06 bits per heavy atom. The number of hydrogen-bond acceptors (Lipinski definition) is 3. The summed E-state index contributed by atoms with van der Waals surface area (Å²) in [5.74, 6) is 0.440. The van der Waals surface area contributed by atoms with Gasteiger partial charge in [-0.1, -0.05) is 6.92 Å². The lowest BCUT2D eigenvalue weighted by molar-refractivity contribution is 0.0600. The Bertz CT molecular complexity index is 447. The van der Waals surface area contributed by atoms with Gasteiger partial charge in [0.15, 0.2) is 0 Å². The van der Waals surface area contributed by atoms with E-state index in [2.05, 4.69) is 6.92 Å². The third kappa shape index (κ3) is 2.84. The van der Waals surface area contributed by atoms with Crippen LogP contribution in [-0.2, 0) is 4.74 Å². The number of aryl methyl sites for hydroxylation is 1. The smallest absolute Gasteiger partial charge is 0.337 e. The second-order valence-corrected chi connectivity index (χ2v) is 5.17. The predicted molar refractivity (Wildman–Crippen MR) is 70.0 cm³/mol. The van der Waals surface area contributed by atoms with E-state index in [1.165, 1.54) is 20.0 Å². The van der Waals surface area contributed by atoms with Crippen molar-refractivity contribution in [2.24, 2.45) is 5.41 Å². The van der Waals surface area contributed by atoms with Crippen molar-refractivity contribution in [3.8, 4) is 5.75 Å². The van der Waals surface area contributed by atoms with Crippen molar-refractivity contribution in [2.45, 2.75) is 33.1 Å². The van der Waals surface area contributed by atoms with E-state index in [-0.39, 0.29) is 5.97 Å². The van der Waals surface area contributed by atoms with Crippen molar-refractivity contribution in [2.75, 3.05) is 13.7 Å². The van der Waals surface area contributed by atoms with Gasteiger partial charge < -0.3 is 9.47 Å². The molecule has 0 aromatic heterocycles. The molecule has 0 aliphatic heterocycles. The van der Waals surface area contributed by atoms with Gasteiger partial charge in [-0.05, 0) is 49.9 Å². The monoisotopic (exact) mass is 248 g/mol. The molecule has 1 aliphatic carbocycles. The zero-order chi connectivity index (χ0) is 13.2. The Hall–Kier alpha value is -1.51. The van der Waals surface area contributed by atoms with Gasteiger partial charge in [0.1, 0.15) is 5.75 Å². The number of hydrogen-bond donors (Lipinski definition) is 0. The molecular weight excluding hydrogens is 228 g/mol. The summed E-state index contributed by atoms with van der Waals surface area (Å²) >= 11 is 0. The van der Waals surface area contributed by atoms with Gasteiger partial charge in [-0.25, -0.2) is 4.79 Å². The molecule has 0 atom stereocenters. The highest BCUT2D eigenvalue weighted by Crippen LogP contribution is 2.48. The molecule has 0 radical (unpaired) electrons. The first-order valence-corrected chi connectivity index (χ1v) is 6.41. The van der Waals surface area contributed by atoms with Crippen molar-refractivity contribution in [3.63, 3.8) is 0 Å². The zero-order valence-electron chi connectivity index (χ0n) is 11.3. The molecule has 1 aromatic carbocycles. The van der Waals surface area contributed by atoms with Gasteiger partial charge in [0.05, 0.1) is 19.3 Å². The molecule has 1 aliphatic rings. The third-order valence-corrected chi connectivity index (χ3v) is 3.72. The summed E-state index contributed by atoms with van der Waals surface area (Å²) in [6.45, 7) is 4.89. The average Bonchev–Trinajstić information content (AvgIpc) is 3.15. The predicted octanol–water partition coefficient (Wildman–Crippen LogP) is 3.35. The number of methoxy groups -OCH3 is 1. The van der Waals surface area contributed by atoms with E-state index < -0.39 is 0 Å². The molecule has 2 rings (SSSR count). The van der Waals surface area contributed by atoms with E-state index in [0.717, 1.165) is 24.3 Å². The minimum Gasteiger partial charge on any atom is -0.493 e. The largest absolute Gasteiger partial charge is 0.493 e. The summed E-state index contributed by atoms with van der Waals surface area (Å²) in [7, 11) is 1.39. The molecule has 1 fully saturated rings. The van der Waals surface area contributed by atoms with Gasteiger partial charge in [-0.3, -0.25) is 0 Å². The molecule has 98 valence electrons. The van der Waals surface area contributed by atoms with Crippen LogP contribution in [-0.4, -0.2) is 19.7 Å². The van der Waals surface area contributed by atoms with E-state index in [1.54, 1.807) is 6.07 Å². The van der Waals surface area contributed by atoms with Crippen LogP contribution in [0.3, 0.4) is 0 Å². The van der Waals surface area contributed by atoms with E-state index in [4.69, 9.17) is 9.47 Å². The van der Waals surface area contributed by atoms with Gasteiger partial charge >= 0.3 is 5.97 Å². The average molecular weight is 248 g/mol. The molecule has 0 N–H and O–H groups in total. The molecule has 0 unspecified atom stereocenters. The zero-order valence-corrected chi connectivity index (χ0v) is 11.3. The normalized spacial score (nSPS) is 16.2. The van der Waals surface area contributed by atoms with Crippen molar-refractivity contribution in [1.82, 2.24) is 0 Å². The maximum absolute atomic E-state index is 11.5. The summed E-state index contributed by atoms with van der Waals surface area (Å²) in [6, 6.07) is 5.52. The first kappa shape index (κ1) is 12.9. The lowest BCUT2D eigenvalue weighted by atomic mass is 10.1. The summed E-state index contributed by atoms with van der Waals surface area (Å²) in [4.78, 5) is 11.5. The van der Waals surface area contributed by atoms with Gasteiger partial charge in [0, 0.05) is 5.41 Å². The van der Waals surface area contributed by atoms with Crippen LogP contribution in [0.1, 0.15) is 42.1 Å². The van der Waals surface area contributed by atoms with E-state index >= 15 is 0 Å². The first-order chi connectivity index (χ1) is 8.58. The third-order valence-electron chi connectivity index (χ3n) is 3.72. The number of carbonyl (C=O) groups excluding carboxylic acids is 1. The highest BCUT2D eigenvalue weighted by molar-refractivity contribution is 5.90. The van der Waals surface area contributed by atoms with E-state index in [1.807, 2.05) is 19.1 Å². The van der Waals surface area contributed by atoms with E-state index in [9.17, 15) is 4.79 Å². The molecule has 1 saturated carbocycles. The minimum atomic E-state index is -0.319. The van der Waals surface area contributed by atoms with Crippen LogP contribution in [0.2, 0.25) is 0 Å². The Morgan fingerprint density at radius 3 is 2.61 bits per heavy atom. The number of carbonyl (C=O) groups is 1. The molecular formula is C15H20O3. The fraction of sp³-hybridized carbons (Fsp3) is 0.533. The Balaban J connectivity index is 2.08. The summed E-state index contributed by atoms with van der Waals surface area (Å²) in [5, 5.41) is 0.